The first-order valence-corrected chi connectivity index (χ1v) is 8.80. The average molecular weight is 416 g/mol. The Balaban J connectivity index is 0. The summed E-state index contributed by atoms with van der Waals surface area (Å²) in [5.41, 5.74) is 19.7. The second kappa shape index (κ2) is 15.2. The normalized spacial score (nSPS) is 7.36. The van der Waals surface area contributed by atoms with Crippen molar-refractivity contribution in [2.45, 2.75) is 6.54 Å². The smallest absolute Gasteiger partial charge is 0.255 e. The molecule has 14 heavy (non-hydrogen) atoms. The number of hydrogen-bond donors (Lipinski definition) is 1. The Bertz CT molecular complexity index is 239. The molecule has 2 N–H and O–H groups in total. The molecule has 0 aliphatic rings. The van der Waals surface area contributed by atoms with Gasteiger partial charge in [0.15, 0.2) is 0 Å². The van der Waals surface area contributed by atoms with Gasteiger partial charge in [0.05, 0.1) is 5.69 Å². The summed E-state index contributed by atoms with van der Waals surface area (Å²) in [5.74, 6) is 0. The minimum absolute atomic E-state index is 0.472. The van der Waals surface area contributed by atoms with Crippen LogP contribution in [0.2, 0.25) is 0 Å². The predicted molar refractivity (Wildman–Crippen MR) is 53.9 cm³/mol. The van der Waals surface area contributed by atoms with Crippen LogP contribution in [0.1, 0.15) is 5.69 Å². The number of nitrogens with zero attached hydrogens (tertiary/aromatic N) is 4. The average Bonchev–Trinajstić information content (AvgIpc) is 2.21. The second-order valence-electron chi connectivity index (χ2n) is 1.66. The fraction of sp³-hybridized carbons (Fsp3) is 0.167. The largest absolute Gasteiger partial charge is 0.373 e. The van der Waals surface area contributed by atoms with E-state index in [0.717, 1.165) is 5.69 Å². The molecule has 0 unspecified atom stereocenters. The maximum Gasteiger partial charge on any atom is -0.255 e. The van der Waals surface area contributed by atoms with E-state index in [9.17, 15) is 0 Å². The fourth-order valence-electron chi connectivity index (χ4n) is 0.519. The van der Waals surface area contributed by atoms with E-state index in [1.165, 1.54) is 4.91 Å². The number of halogens is 2. The quantitative estimate of drug-likeness (QED) is 0.433. The van der Waals surface area contributed by atoms with Crippen LogP contribution in [0.3, 0.4) is 0 Å². The Hall–Kier alpha value is -0.312. The first-order chi connectivity index (χ1) is 6.76. The minimum atomic E-state index is -0.472. The predicted octanol–water partition coefficient (Wildman–Crippen LogP) is 2.78. The summed E-state index contributed by atoms with van der Waals surface area (Å²) in [6.07, 6.45) is 1.74. The summed E-state index contributed by atoms with van der Waals surface area (Å²) in [7, 11) is 9.75. The van der Waals surface area contributed by atoms with Crippen LogP contribution in [0.4, 0.5) is 0 Å². The van der Waals surface area contributed by atoms with Crippen LogP contribution < -0.4 is 5.73 Å². The summed E-state index contributed by atoms with van der Waals surface area (Å²) in [5, 5.41) is 0. The van der Waals surface area contributed by atoms with Crippen LogP contribution in [0, 0.1) is 0 Å². The number of hydrogen-bond acceptors (Lipinski definition) is 2. The molecule has 0 aliphatic carbocycles. The summed E-state index contributed by atoms with van der Waals surface area (Å²) < 4.78 is 0. The van der Waals surface area contributed by atoms with Crippen molar-refractivity contribution < 1.29 is 16.5 Å². The van der Waals surface area contributed by atoms with Gasteiger partial charge in [0.1, 0.15) is 0 Å². The molecule has 0 fully saturated rings. The molecule has 0 saturated heterocycles. The van der Waals surface area contributed by atoms with Crippen molar-refractivity contribution in [1.29, 1.82) is 0 Å². The van der Waals surface area contributed by atoms with Crippen LogP contribution in [-0.4, -0.2) is 4.98 Å². The van der Waals surface area contributed by atoms with Gasteiger partial charge in [-0.2, -0.15) is 0 Å². The first kappa shape index (κ1) is 16.1. The number of pyridine rings is 1. The van der Waals surface area contributed by atoms with Crippen LogP contribution in [0.15, 0.2) is 24.4 Å². The number of rotatable bonds is 1. The minimum Gasteiger partial charge on any atom is -0.373 e. The Kier molecular flexibility index (Phi) is 17.5. The van der Waals surface area contributed by atoms with Gasteiger partial charge in [-0.15, -0.1) is 0 Å². The van der Waals surface area contributed by atoms with Crippen molar-refractivity contribution in [2.24, 2.45) is 5.73 Å². The maximum absolute atomic E-state index is 6.75. The van der Waals surface area contributed by atoms with Crippen molar-refractivity contribution in [3.63, 3.8) is 0 Å². The van der Waals surface area contributed by atoms with Gasteiger partial charge in [0.2, 0.25) is 0 Å². The molecule has 0 aromatic carbocycles. The van der Waals surface area contributed by atoms with Gasteiger partial charge in [-0.05, 0) is 12.1 Å². The monoisotopic (exact) mass is 415 g/mol. The molecule has 1 rings (SSSR count). The van der Waals surface area contributed by atoms with E-state index in [0.29, 0.717) is 6.54 Å². The molecular formula is C6H8Cl2N5Pt-. The second-order valence-corrected chi connectivity index (χ2v) is 4.94. The van der Waals surface area contributed by atoms with Crippen molar-refractivity contribution in [2.75, 3.05) is 0 Å². The Morgan fingerprint density at radius 2 is 1.93 bits per heavy atom. The number of nitrogens with two attached hydrogens (primary N) is 1. The van der Waals surface area contributed by atoms with E-state index in [-0.39, 0.29) is 0 Å². The molecule has 0 bridgehead atoms. The molecule has 0 amide bonds. The van der Waals surface area contributed by atoms with E-state index in [1.807, 2.05) is 18.2 Å². The zero-order valence-electron chi connectivity index (χ0n) is 6.95. The molecule has 1 aromatic heterocycles. The molecule has 0 atom stereocenters. The SMILES string of the molecule is NCc1ccccn1.[Cl][Pt][Cl].[N-]=[N+]=[N-]. The van der Waals surface area contributed by atoms with Gasteiger partial charge >= 0.3 is 35.3 Å². The summed E-state index contributed by atoms with van der Waals surface area (Å²) >= 11 is -0.472. The van der Waals surface area contributed by atoms with E-state index >= 15 is 0 Å². The Morgan fingerprint density at radius 1 is 1.43 bits per heavy atom. The molecular weight excluding hydrogens is 408 g/mol. The van der Waals surface area contributed by atoms with E-state index in [2.05, 4.69) is 4.98 Å². The fourth-order valence-corrected chi connectivity index (χ4v) is 0.519. The van der Waals surface area contributed by atoms with Gasteiger partial charge in [-0.3, -0.25) is 9.90 Å². The molecule has 1 aromatic rings. The molecule has 0 spiro atoms. The summed E-state index contributed by atoms with van der Waals surface area (Å²) in [6, 6.07) is 5.70. The van der Waals surface area contributed by atoms with Crippen LogP contribution in [0.25, 0.3) is 16.0 Å². The summed E-state index contributed by atoms with van der Waals surface area (Å²) in [6.45, 7) is 0.529. The molecule has 0 saturated carbocycles. The molecule has 0 radical (unpaired) electrons. The van der Waals surface area contributed by atoms with Crippen molar-refractivity contribution in [3.8, 4) is 0 Å². The zero-order valence-corrected chi connectivity index (χ0v) is 10.7. The van der Waals surface area contributed by atoms with Crippen molar-refractivity contribution in [1.82, 2.24) is 4.98 Å². The van der Waals surface area contributed by atoms with Crippen molar-refractivity contribution >= 4 is 18.8 Å². The van der Waals surface area contributed by atoms with E-state index < -0.39 is 16.5 Å². The van der Waals surface area contributed by atoms with Gasteiger partial charge in [0.25, 0.3) is 0 Å². The Labute approximate surface area is 98.4 Å². The van der Waals surface area contributed by atoms with Crippen LogP contribution in [0.5, 0.6) is 0 Å². The third-order valence-corrected chi connectivity index (χ3v) is 0.935. The molecule has 5 nitrogen and oxygen atoms in total. The number of aromatic nitrogens is 1. The van der Waals surface area contributed by atoms with Gasteiger partial charge < -0.3 is 16.8 Å². The maximum atomic E-state index is 6.75. The van der Waals surface area contributed by atoms with Gasteiger partial charge in [0, 0.05) is 12.7 Å². The van der Waals surface area contributed by atoms with Gasteiger partial charge in [-0.25, -0.2) is 0 Å². The molecule has 0 aliphatic heterocycles. The standard InChI is InChI=1S/C6H8N2.2ClH.N3.Pt/c7-5-6-3-1-2-4-8-6;;;1-3-2;/h1-4H,5,7H2;2*1H;;/q;;;-1;+2/p-2. The topological polar surface area (TPSA) is 97.6 Å². The Morgan fingerprint density at radius 3 is 2.14 bits per heavy atom. The van der Waals surface area contributed by atoms with E-state index in [4.69, 9.17) is 35.6 Å². The third kappa shape index (κ3) is 14.2. The van der Waals surface area contributed by atoms with Crippen LogP contribution in [-0.2, 0) is 23.0 Å². The molecule has 8 heteroatoms. The first-order valence-electron chi connectivity index (χ1n) is 3.17. The summed E-state index contributed by atoms with van der Waals surface area (Å²) in [4.78, 5) is 5.47. The molecule has 82 valence electrons. The van der Waals surface area contributed by atoms with Crippen LogP contribution >= 0.6 is 18.8 Å². The van der Waals surface area contributed by atoms with Gasteiger partial charge in [-0.1, -0.05) is 6.07 Å². The zero-order chi connectivity index (χ0) is 11.2. The van der Waals surface area contributed by atoms with E-state index in [1.54, 1.807) is 6.20 Å². The molecule has 1 heterocycles. The van der Waals surface area contributed by atoms with Crippen molar-refractivity contribution in [3.05, 3.63) is 46.1 Å². The third-order valence-electron chi connectivity index (χ3n) is 0.935.